The first-order valence-corrected chi connectivity index (χ1v) is 8.22. The molecule has 4 atom stereocenters. The summed E-state index contributed by atoms with van der Waals surface area (Å²) in [5.74, 6) is 3.74. The van der Waals surface area contributed by atoms with Crippen LogP contribution in [0, 0.1) is 11.8 Å². The molecule has 116 valence electrons. The van der Waals surface area contributed by atoms with Crippen molar-refractivity contribution < 1.29 is 14.2 Å². The van der Waals surface area contributed by atoms with Gasteiger partial charge in [-0.2, -0.15) is 0 Å². The minimum absolute atomic E-state index is 0.335. The molecule has 5 rings (SSSR count). The molecule has 2 heterocycles. The van der Waals surface area contributed by atoms with E-state index in [1.165, 1.54) is 24.8 Å². The molecule has 2 aliphatic carbocycles. The number of benzene rings is 1. The second-order valence-corrected chi connectivity index (χ2v) is 6.68. The van der Waals surface area contributed by atoms with Gasteiger partial charge >= 0.3 is 0 Å². The number of aliphatic imine (C=N–C) groups is 1. The molecular formula is C17H20N2O3. The molecule has 0 amide bonds. The molecule has 2 saturated carbocycles. The van der Waals surface area contributed by atoms with Gasteiger partial charge in [0.25, 0.3) is 6.02 Å². The Morgan fingerprint density at radius 2 is 1.95 bits per heavy atom. The predicted octanol–water partition coefficient (Wildman–Crippen LogP) is 2.27. The number of fused-ring (bicyclic) bond motifs is 3. The smallest absolute Gasteiger partial charge is 0.285 e. The molecule has 2 bridgehead atoms. The first-order valence-electron chi connectivity index (χ1n) is 8.22. The summed E-state index contributed by atoms with van der Waals surface area (Å²) >= 11 is 0. The van der Waals surface area contributed by atoms with Crippen molar-refractivity contribution in [1.82, 2.24) is 5.32 Å². The number of ether oxygens (including phenoxy) is 3. The van der Waals surface area contributed by atoms with Crippen molar-refractivity contribution >= 4 is 6.02 Å². The molecule has 4 unspecified atom stereocenters. The van der Waals surface area contributed by atoms with Crippen LogP contribution in [0.1, 0.15) is 30.7 Å². The third-order valence-corrected chi connectivity index (χ3v) is 5.57. The van der Waals surface area contributed by atoms with E-state index in [0.29, 0.717) is 25.4 Å². The van der Waals surface area contributed by atoms with E-state index in [1.54, 1.807) is 0 Å². The maximum absolute atomic E-state index is 5.57. The van der Waals surface area contributed by atoms with Crippen LogP contribution in [0.2, 0.25) is 0 Å². The fraction of sp³-hybridized carbons (Fsp3) is 0.588. The van der Waals surface area contributed by atoms with E-state index in [-0.39, 0.29) is 0 Å². The van der Waals surface area contributed by atoms with Crippen molar-refractivity contribution in [3.05, 3.63) is 23.8 Å². The van der Waals surface area contributed by atoms with Gasteiger partial charge in [0.1, 0.15) is 6.61 Å². The molecule has 5 heteroatoms. The molecule has 0 aromatic heterocycles. The molecule has 22 heavy (non-hydrogen) atoms. The van der Waals surface area contributed by atoms with Crippen molar-refractivity contribution in [1.29, 1.82) is 0 Å². The summed E-state index contributed by atoms with van der Waals surface area (Å²) in [6.45, 7) is 1.82. The van der Waals surface area contributed by atoms with Crippen LogP contribution in [0.4, 0.5) is 0 Å². The number of hydrogen-bond acceptors (Lipinski definition) is 5. The number of nitrogens with zero attached hydrogens (tertiary/aromatic N) is 1. The van der Waals surface area contributed by atoms with Crippen LogP contribution in [0.15, 0.2) is 23.2 Å². The topological polar surface area (TPSA) is 52.1 Å². The Kier molecular flexibility index (Phi) is 2.75. The van der Waals surface area contributed by atoms with E-state index in [4.69, 9.17) is 14.2 Å². The summed E-state index contributed by atoms with van der Waals surface area (Å²) in [6, 6.07) is 7.58. The maximum Gasteiger partial charge on any atom is 0.285 e. The van der Waals surface area contributed by atoms with Gasteiger partial charge < -0.3 is 19.5 Å². The fourth-order valence-electron chi connectivity index (χ4n) is 4.66. The molecule has 1 N–H and O–H groups in total. The van der Waals surface area contributed by atoms with Crippen LogP contribution in [-0.2, 0) is 4.74 Å². The standard InChI is InChI=1S/C17H20N2O3/c1-2-12-7-10(1)15(16(12)19-17-18-5-6-20-17)11-3-4-13-14(8-11)22-9-21-13/h3-4,8,10,12,15-16H,1-2,5-7,9H2,(H,18,19). The summed E-state index contributed by atoms with van der Waals surface area (Å²) in [5.41, 5.74) is 1.35. The van der Waals surface area contributed by atoms with Gasteiger partial charge in [0.15, 0.2) is 11.5 Å². The lowest BCUT2D eigenvalue weighted by Gasteiger charge is -2.32. The zero-order chi connectivity index (χ0) is 14.5. The second kappa shape index (κ2) is 4.80. The first-order chi connectivity index (χ1) is 10.9. The lowest BCUT2D eigenvalue weighted by molar-refractivity contribution is 0.174. The zero-order valence-electron chi connectivity index (χ0n) is 12.5. The van der Waals surface area contributed by atoms with Gasteiger partial charge in [0.05, 0.1) is 6.54 Å². The van der Waals surface area contributed by atoms with Crippen molar-refractivity contribution in [2.24, 2.45) is 16.8 Å². The van der Waals surface area contributed by atoms with E-state index in [2.05, 4.69) is 22.4 Å². The Balaban J connectivity index is 1.45. The minimum atomic E-state index is 0.335. The highest BCUT2D eigenvalue weighted by Crippen LogP contribution is 2.54. The third kappa shape index (κ3) is 1.87. The van der Waals surface area contributed by atoms with Gasteiger partial charge in [-0.15, -0.1) is 0 Å². The van der Waals surface area contributed by atoms with Gasteiger partial charge in [-0.05, 0) is 48.8 Å². The molecule has 1 aromatic rings. The molecule has 4 aliphatic rings. The Morgan fingerprint density at radius 3 is 2.86 bits per heavy atom. The average Bonchev–Trinajstić information content (AvgIpc) is 3.31. The zero-order valence-corrected chi connectivity index (χ0v) is 12.5. The molecule has 5 nitrogen and oxygen atoms in total. The summed E-state index contributed by atoms with van der Waals surface area (Å²) in [5, 5.41) is 3.58. The van der Waals surface area contributed by atoms with Crippen LogP contribution >= 0.6 is 0 Å². The van der Waals surface area contributed by atoms with Gasteiger partial charge in [0, 0.05) is 12.0 Å². The van der Waals surface area contributed by atoms with Crippen molar-refractivity contribution in [2.75, 3.05) is 19.9 Å². The van der Waals surface area contributed by atoms with Crippen molar-refractivity contribution in [2.45, 2.75) is 31.2 Å². The van der Waals surface area contributed by atoms with Gasteiger partial charge in [-0.25, -0.2) is 4.99 Å². The summed E-state index contributed by atoms with van der Waals surface area (Å²) in [6.07, 6.45) is 3.95. The van der Waals surface area contributed by atoms with Gasteiger partial charge in [-0.3, -0.25) is 0 Å². The molecule has 0 spiro atoms. The normalized spacial score (nSPS) is 34.6. The largest absolute Gasteiger partial charge is 0.463 e. The number of hydrogen-bond donors (Lipinski definition) is 1. The molecule has 2 aliphatic heterocycles. The summed E-state index contributed by atoms with van der Waals surface area (Å²) in [7, 11) is 0. The summed E-state index contributed by atoms with van der Waals surface area (Å²) in [4.78, 5) is 4.41. The molecule has 0 saturated heterocycles. The highest BCUT2D eigenvalue weighted by atomic mass is 16.7. The molecular weight excluding hydrogens is 280 g/mol. The average molecular weight is 300 g/mol. The molecule has 2 fully saturated rings. The highest BCUT2D eigenvalue weighted by molar-refractivity contribution is 5.75. The van der Waals surface area contributed by atoms with E-state index in [0.717, 1.165) is 35.9 Å². The predicted molar refractivity (Wildman–Crippen MR) is 81.3 cm³/mol. The monoisotopic (exact) mass is 300 g/mol. The van der Waals surface area contributed by atoms with Crippen LogP contribution in [0.5, 0.6) is 11.5 Å². The van der Waals surface area contributed by atoms with E-state index in [1.807, 2.05) is 6.07 Å². The number of nitrogens with one attached hydrogen (secondary N) is 1. The Labute approximate surface area is 129 Å². The third-order valence-electron chi connectivity index (χ3n) is 5.57. The van der Waals surface area contributed by atoms with E-state index in [9.17, 15) is 0 Å². The minimum Gasteiger partial charge on any atom is -0.463 e. The molecule has 1 aromatic carbocycles. The quantitative estimate of drug-likeness (QED) is 0.910. The molecule has 0 radical (unpaired) electrons. The second-order valence-electron chi connectivity index (χ2n) is 6.68. The van der Waals surface area contributed by atoms with Crippen molar-refractivity contribution in [3.8, 4) is 11.5 Å². The maximum atomic E-state index is 5.57. The number of amidine groups is 1. The van der Waals surface area contributed by atoms with Crippen LogP contribution in [0.3, 0.4) is 0 Å². The summed E-state index contributed by atoms with van der Waals surface area (Å²) < 4.78 is 16.6. The lowest BCUT2D eigenvalue weighted by atomic mass is 9.79. The van der Waals surface area contributed by atoms with Crippen LogP contribution < -0.4 is 14.8 Å². The van der Waals surface area contributed by atoms with Crippen LogP contribution in [-0.4, -0.2) is 32.0 Å². The van der Waals surface area contributed by atoms with E-state index < -0.39 is 0 Å². The van der Waals surface area contributed by atoms with Crippen LogP contribution in [0.25, 0.3) is 0 Å². The number of rotatable bonds is 2. The Hall–Kier alpha value is -1.91. The lowest BCUT2D eigenvalue weighted by Crippen LogP contribution is -2.43. The first kappa shape index (κ1) is 12.6. The van der Waals surface area contributed by atoms with Gasteiger partial charge in [-0.1, -0.05) is 6.07 Å². The SMILES string of the molecule is c1cc2c(cc1C1C3CCC(C3)C1NC1=NCCO1)OCO2. The Morgan fingerprint density at radius 1 is 1.05 bits per heavy atom. The van der Waals surface area contributed by atoms with E-state index >= 15 is 0 Å². The Bertz CT molecular complexity index is 630. The van der Waals surface area contributed by atoms with Crippen molar-refractivity contribution in [3.63, 3.8) is 0 Å². The fourth-order valence-corrected chi connectivity index (χ4v) is 4.66. The highest BCUT2D eigenvalue weighted by Gasteiger charge is 2.49. The van der Waals surface area contributed by atoms with Gasteiger partial charge in [0.2, 0.25) is 6.79 Å².